The molecule has 0 unspecified atom stereocenters. The van der Waals surface area contributed by atoms with Crippen molar-refractivity contribution < 1.29 is 27.4 Å². The Morgan fingerprint density at radius 2 is 1.93 bits per heavy atom. The minimum Gasteiger partial charge on any atom is -0.496 e. The summed E-state index contributed by atoms with van der Waals surface area (Å²) in [7, 11) is 3.01. The third-order valence-electron chi connectivity index (χ3n) is 3.81. The smallest absolute Gasteiger partial charge is 0.496 e. The van der Waals surface area contributed by atoms with E-state index >= 15 is 0 Å². The number of hydrogen-bond donors (Lipinski definition) is 1. The fourth-order valence-corrected chi connectivity index (χ4v) is 2.82. The van der Waals surface area contributed by atoms with Gasteiger partial charge in [0.2, 0.25) is 0 Å². The first-order valence-electron chi connectivity index (χ1n) is 8.02. The lowest BCUT2D eigenvalue weighted by Crippen LogP contribution is -2.18. The zero-order valence-corrected chi connectivity index (χ0v) is 16.9. The summed E-state index contributed by atoms with van der Waals surface area (Å²) in [5, 5.41) is 3.24. The molecule has 1 N–H and O–H groups in total. The first-order chi connectivity index (χ1) is 12.6. The van der Waals surface area contributed by atoms with Crippen LogP contribution in [0.2, 0.25) is 0 Å². The number of benzene rings is 1. The zero-order valence-electron chi connectivity index (χ0n) is 15.3. The second-order valence-corrected chi connectivity index (χ2v) is 6.58. The normalized spacial score (nSPS) is 12.6. The summed E-state index contributed by atoms with van der Waals surface area (Å²) in [5.41, 5.74) is 2.76. The van der Waals surface area contributed by atoms with Crippen LogP contribution in [0.4, 0.5) is 18.9 Å². The van der Waals surface area contributed by atoms with Gasteiger partial charge in [-0.1, -0.05) is 0 Å². The minimum absolute atomic E-state index is 0.0261. The maximum atomic E-state index is 12.4. The number of nitrogens with zero attached hydrogens (tertiary/aromatic N) is 1. The number of aromatic nitrogens is 1. The molecule has 2 rings (SSSR count). The van der Waals surface area contributed by atoms with Gasteiger partial charge in [-0.2, -0.15) is 0 Å². The van der Waals surface area contributed by atoms with Gasteiger partial charge in [0.15, 0.2) is 0 Å². The van der Waals surface area contributed by atoms with Crippen molar-refractivity contribution in [1.82, 2.24) is 4.98 Å². The number of aryl methyl sites for hydroxylation is 1. The van der Waals surface area contributed by atoms with Gasteiger partial charge in [-0.15, -0.1) is 13.2 Å². The third kappa shape index (κ3) is 5.74. The Morgan fingerprint density at radius 3 is 2.52 bits per heavy atom. The van der Waals surface area contributed by atoms with Crippen molar-refractivity contribution in [3.05, 3.63) is 34.4 Å². The molecule has 9 heteroatoms. The third-order valence-corrected chi connectivity index (χ3v) is 4.42. The molecule has 0 amide bonds. The van der Waals surface area contributed by atoms with Crippen molar-refractivity contribution in [3.8, 4) is 22.8 Å². The Balaban J connectivity index is 2.36. The SMILES string of the molecule is COc1cc(OC(F)(F)F)ccc1-c1nc(Br)c(NC[C@H](C)OC)cc1C. The average Bonchev–Trinajstić information content (AvgIpc) is 2.60. The number of nitrogens with one attached hydrogen (secondary N) is 1. The van der Waals surface area contributed by atoms with E-state index in [2.05, 4.69) is 31.0 Å². The Bertz CT molecular complexity index is 800. The van der Waals surface area contributed by atoms with E-state index in [0.29, 0.717) is 22.4 Å². The van der Waals surface area contributed by atoms with Crippen LogP contribution in [-0.2, 0) is 4.74 Å². The van der Waals surface area contributed by atoms with Crippen LogP contribution in [0.1, 0.15) is 12.5 Å². The summed E-state index contributed by atoms with van der Waals surface area (Å²) in [6.45, 7) is 4.40. The van der Waals surface area contributed by atoms with Crippen molar-refractivity contribution in [2.45, 2.75) is 26.3 Å². The van der Waals surface area contributed by atoms with E-state index < -0.39 is 6.36 Å². The molecule has 5 nitrogen and oxygen atoms in total. The number of rotatable bonds is 7. The van der Waals surface area contributed by atoms with Crippen molar-refractivity contribution in [2.75, 3.05) is 26.1 Å². The van der Waals surface area contributed by atoms with Crippen LogP contribution >= 0.6 is 15.9 Å². The monoisotopic (exact) mass is 448 g/mol. The van der Waals surface area contributed by atoms with Gasteiger partial charge in [0.05, 0.1) is 24.6 Å². The predicted molar refractivity (Wildman–Crippen MR) is 100 cm³/mol. The molecular formula is C18H20BrF3N2O3. The van der Waals surface area contributed by atoms with E-state index in [0.717, 1.165) is 11.3 Å². The van der Waals surface area contributed by atoms with Gasteiger partial charge in [-0.25, -0.2) is 4.98 Å². The fourth-order valence-electron chi connectivity index (χ4n) is 2.39. The van der Waals surface area contributed by atoms with Crippen LogP contribution < -0.4 is 14.8 Å². The van der Waals surface area contributed by atoms with Gasteiger partial charge in [0.1, 0.15) is 16.1 Å². The minimum atomic E-state index is -4.77. The molecule has 0 aliphatic carbocycles. The van der Waals surface area contributed by atoms with Crippen LogP contribution in [0.15, 0.2) is 28.9 Å². The maximum absolute atomic E-state index is 12.4. The van der Waals surface area contributed by atoms with E-state index in [4.69, 9.17) is 9.47 Å². The Morgan fingerprint density at radius 1 is 1.22 bits per heavy atom. The number of anilines is 1. The Kier molecular flexibility index (Phi) is 6.94. The number of pyridine rings is 1. The summed E-state index contributed by atoms with van der Waals surface area (Å²) >= 11 is 3.42. The number of halogens is 4. The molecular weight excluding hydrogens is 429 g/mol. The fraction of sp³-hybridized carbons (Fsp3) is 0.389. The molecule has 27 heavy (non-hydrogen) atoms. The first-order valence-corrected chi connectivity index (χ1v) is 8.82. The van der Waals surface area contributed by atoms with E-state index in [-0.39, 0.29) is 17.6 Å². The molecule has 0 aliphatic rings. The molecule has 0 radical (unpaired) electrons. The second-order valence-electron chi connectivity index (χ2n) is 5.83. The van der Waals surface area contributed by atoms with Crippen LogP contribution in [0, 0.1) is 6.92 Å². The first kappa shape index (κ1) is 21.3. The molecule has 0 saturated carbocycles. The maximum Gasteiger partial charge on any atom is 0.573 e. The lowest BCUT2D eigenvalue weighted by atomic mass is 10.0. The summed E-state index contributed by atoms with van der Waals surface area (Å²) in [5.74, 6) is -0.125. The number of alkyl halides is 3. The van der Waals surface area contributed by atoms with Gasteiger partial charge >= 0.3 is 6.36 Å². The summed E-state index contributed by atoms with van der Waals surface area (Å²) in [4.78, 5) is 4.53. The van der Waals surface area contributed by atoms with Crippen molar-refractivity contribution >= 4 is 21.6 Å². The van der Waals surface area contributed by atoms with Crippen LogP contribution in [0.3, 0.4) is 0 Å². The molecule has 0 spiro atoms. The van der Waals surface area contributed by atoms with E-state index in [1.165, 1.54) is 25.3 Å². The largest absolute Gasteiger partial charge is 0.573 e. The molecule has 0 saturated heterocycles. The Labute approximate surface area is 164 Å². The number of ether oxygens (including phenoxy) is 3. The topological polar surface area (TPSA) is 52.6 Å². The highest BCUT2D eigenvalue weighted by Gasteiger charge is 2.31. The highest BCUT2D eigenvalue weighted by molar-refractivity contribution is 9.10. The molecule has 0 fully saturated rings. The summed E-state index contributed by atoms with van der Waals surface area (Å²) < 4.78 is 52.2. The van der Waals surface area contributed by atoms with Gasteiger partial charge in [0.25, 0.3) is 0 Å². The standard InChI is InChI=1S/C18H20BrF3N2O3/c1-10-7-14(23-9-11(2)25-3)17(19)24-16(10)13-6-5-12(8-15(13)26-4)27-18(20,21)22/h5-8,11,23H,9H2,1-4H3/t11-/m0/s1. The van der Waals surface area contributed by atoms with Gasteiger partial charge < -0.3 is 19.5 Å². The van der Waals surface area contributed by atoms with Gasteiger partial charge in [-0.3, -0.25) is 0 Å². The molecule has 0 bridgehead atoms. The van der Waals surface area contributed by atoms with Crippen molar-refractivity contribution in [3.63, 3.8) is 0 Å². The number of hydrogen-bond acceptors (Lipinski definition) is 5. The number of methoxy groups -OCH3 is 2. The molecule has 148 valence electrons. The van der Waals surface area contributed by atoms with Gasteiger partial charge in [-0.05, 0) is 53.5 Å². The average molecular weight is 449 g/mol. The van der Waals surface area contributed by atoms with E-state index in [1.807, 2.05) is 19.9 Å². The van der Waals surface area contributed by atoms with Crippen molar-refractivity contribution in [2.24, 2.45) is 0 Å². The molecule has 1 aromatic heterocycles. The highest BCUT2D eigenvalue weighted by atomic mass is 79.9. The van der Waals surface area contributed by atoms with Gasteiger partial charge in [0, 0.05) is 25.3 Å². The summed E-state index contributed by atoms with van der Waals surface area (Å²) in [6, 6.07) is 5.80. The molecule has 1 heterocycles. The lowest BCUT2D eigenvalue weighted by Gasteiger charge is -2.17. The molecule has 0 aliphatic heterocycles. The van der Waals surface area contributed by atoms with E-state index in [1.54, 1.807) is 7.11 Å². The van der Waals surface area contributed by atoms with Crippen LogP contribution in [-0.4, -0.2) is 38.2 Å². The Hall–Kier alpha value is -2.00. The van der Waals surface area contributed by atoms with E-state index in [9.17, 15) is 13.2 Å². The molecule has 2 aromatic rings. The van der Waals surface area contributed by atoms with Crippen LogP contribution in [0.25, 0.3) is 11.3 Å². The second kappa shape index (κ2) is 8.79. The molecule has 1 atom stereocenters. The van der Waals surface area contributed by atoms with Crippen molar-refractivity contribution in [1.29, 1.82) is 0 Å². The molecule has 1 aromatic carbocycles. The summed E-state index contributed by atoms with van der Waals surface area (Å²) in [6.07, 6.45) is -4.74. The zero-order chi connectivity index (χ0) is 20.2. The lowest BCUT2D eigenvalue weighted by molar-refractivity contribution is -0.274. The quantitative estimate of drug-likeness (QED) is 0.591. The van der Waals surface area contributed by atoms with Crippen LogP contribution in [0.5, 0.6) is 11.5 Å². The highest BCUT2D eigenvalue weighted by Crippen LogP contribution is 2.37. The predicted octanol–water partition coefficient (Wildman–Crippen LogP) is 5.17.